The van der Waals surface area contributed by atoms with Crippen LogP contribution in [-0.2, 0) is 0 Å². The van der Waals surface area contributed by atoms with E-state index in [4.69, 9.17) is 15.2 Å². The quantitative estimate of drug-likeness (QED) is 0.864. The van der Waals surface area contributed by atoms with Gasteiger partial charge in [0.15, 0.2) is 0 Å². The number of pyridine rings is 1. The molecule has 100 valence electrons. The average molecular weight is 259 g/mol. The highest BCUT2D eigenvalue weighted by molar-refractivity contribution is 5.61. The lowest BCUT2D eigenvalue weighted by molar-refractivity contribution is 0.329. The second-order valence-electron chi connectivity index (χ2n) is 3.88. The number of hydrogen-bond donors (Lipinski definition) is 2. The summed E-state index contributed by atoms with van der Waals surface area (Å²) in [6.45, 7) is 2.42. The van der Waals surface area contributed by atoms with Crippen molar-refractivity contribution in [3.8, 4) is 11.6 Å². The van der Waals surface area contributed by atoms with Crippen LogP contribution in [0.3, 0.4) is 0 Å². The molecule has 0 amide bonds. The number of rotatable bonds is 5. The Morgan fingerprint density at radius 1 is 1.16 bits per heavy atom. The lowest BCUT2D eigenvalue weighted by Gasteiger charge is -2.10. The van der Waals surface area contributed by atoms with E-state index in [1.54, 1.807) is 13.2 Å². The van der Waals surface area contributed by atoms with E-state index in [0.717, 1.165) is 11.4 Å². The zero-order chi connectivity index (χ0) is 13.7. The predicted octanol–water partition coefficient (Wildman–Crippen LogP) is 2.81. The predicted molar refractivity (Wildman–Crippen MR) is 76.1 cm³/mol. The van der Waals surface area contributed by atoms with Gasteiger partial charge in [-0.2, -0.15) is 4.98 Å². The Balaban J connectivity index is 2.15. The fourth-order valence-electron chi connectivity index (χ4n) is 1.60. The summed E-state index contributed by atoms with van der Waals surface area (Å²) in [7, 11) is 1.64. The van der Waals surface area contributed by atoms with Gasteiger partial charge in [-0.05, 0) is 43.3 Å². The number of nitrogen functional groups attached to an aromatic ring is 1. The number of benzene rings is 1. The highest BCUT2D eigenvalue weighted by Gasteiger charge is 2.04. The zero-order valence-corrected chi connectivity index (χ0v) is 11.0. The first kappa shape index (κ1) is 13.0. The standard InChI is InChI=1S/C14H17N3O2/c1-3-19-14-12(15)8-9-13(17-14)16-10-4-6-11(18-2)7-5-10/h4-9H,3,15H2,1-2H3,(H,16,17). The molecule has 5 heteroatoms. The van der Waals surface area contributed by atoms with Crippen molar-refractivity contribution >= 4 is 17.2 Å². The highest BCUT2D eigenvalue weighted by atomic mass is 16.5. The van der Waals surface area contributed by atoms with Crippen molar-refractivity contribution in [2.45, 2.75) is 6.92 Å². The lowest BCUT2D eigenvalue weighted by Crippen LogP contribution is -2.02. The van der Waals surface area contributed by atoms with Crippen molar-refractivity contribution < 1.29 is 9.47 Å². The van der Waals surface area contributed by atoms with Gasteiger partial charge in [-0.3, -0.25) is 0 Å². The van der Waals surface area contributed by atoms with Crippen LogP contribution < -0.4 is 20.5 Å². The van der Waals surface area contributed by atoms with E-state index >= 15 is 0 Å². The van der Waals surface area contributed by atoms with Crippen LogP contribution in [0, 0.1) is 0 Å². The van der Waals surface area contributed by atoms with Gasteiger partial charge >= 0.3 is 0 Å². The molecule has 0 aliphatic rings. The molecule has 0 atom stereocenters. The summed E-state index contributed by atoms with van der Waals surface area (Å²) in [6, 6.07) is 11.2. The number of methoxy groups -OCH3 is 1. The maximum Gasteiger partial charge on any atom is 0.239 e. The Morgan fingerprint density at radius 3 is 2.53 bits per heavy atom. The van der Waals surface area contributed by atoms with E-state index in [9.17, 15) is 0 Å². The molecule has 0 radical (unpaired) electrons. The number of ether oxygens (including phenoxy) is 2. The van der Waals surface area contributed by atoms with Crippen LogP contribution >= 0.6 is 0 Å². The molecule has 1 aromatic carbocycles. The largest absolute Gasteiger partial charge is 0.497 e. The van der Waals surface area contributed by atoms with E-state index in [2.05, 4.69) is 10.3 Å². The molecule has 2 aromatic rings. The van der Waals surface area contributed by atoms with E-state index in [1.807, 2.05) is 37.3 Å². The van der Waals surface area contributed by atoms with Crippen LogP contribution in [0.2, 0.25) is 0 Å². The minimum atomic E-state index is 0.445. The van der Waals surface area contributed by atoms with E-state index in [0.29, 0.717) is 24.0 Å². The van der Waals surface area contributed by atoms with Crippen molar-refractivity contribution in [1.29, 1.82) is 0 Å². The molecule has 1 heterocycles. The average Bonchev–Trinajstić information content (AvgIpc) is 2.44. The first-order valence-electron chi connectivity index (χ1n) is 6.03. The molecule has 0 aliphatic carbocycles. The Labute approximate surface area is 112 Å². The van der Waals surface area contributed by atoms with Gasteiger partial charge in [-0.15, -0.1) is 0 Å². The summed E-state index contributed by atoms with van der Waals surface area (Å²) in [5.41, 5.74) is 7.22. The summed E-state index contributed by atoms with van der Waals surface area (Å²) in [5, 5.41) is 3.18. The number of aromatic nitrogens is 1. The summed E-state index contributed by atoms with van der Waals surface area (Å²) in [6.07, 6.45) is 0. The molecule has 0 bridgehead atoms. The maximum atomic E-state index is 5.77. The first-order valence-corrected chi connectivity index (χ1v) is 6.03. The fourth-order valence-corrected chi connectivity index (χ4v) is 1.60. The van der Waals surface area contributed by atoms with Crippen LogP contribution in [0.5, 0.6) is 11.6 Å². The molecule has 19 heavy (non-hydrogen) atoms. The third-order valence-corrected chi connectivity index (χ3v) is 2.53. The Morgan fingerprint density at radius 2 is 1.89 bits per heavy atom. The Hall–Kier alpha value is -2.43. The summed E-state index contributed by atoms with van der Waals surface area (Å²) >= 11 is 0. The van der Waals surface area contributed by atoms with E-state index < -0.39 is 0 Å². The molecule has 0 saturated heterocycles. The van der Waals surface area contributed by atoms with Gasteiger partial charge in [0, 0.05) is 5.69 Å². The smallest absolute Gasteiger partial charge is 0.239 e. The molecule has 0 fully saturated rings. The number of nitrogens with two attached hydrogens (primary N) is 1. The van der Waals surface area contributed by atoms with Crippen LogP contribution in [-0.4, -0.2) is 18.7 Å². The van der Waals surface area contributed by atoms with Gasteiger partial charge in [0.05, 0.1) is 19.4 Å². The molecular weight excluding hydrogens is 242 g/mol. The second-order valence-corrected chi connectivity index (χ2v) is 3.88. The molecule has 5 nitrogen and oxygen atoms in total. The van der Waals surface area contributed by atoms with Gasteiger partial charge in [-0.25, -0.2) is 0 Å². The van der Waals surface area contributed by atoms with Crippen molar-refractivity contribution in [3.63, 3.8) is 0 Å². The van der Waals surface area contributed by atoms with E-state index in [1.165, 1.54) is 0 Å². The molecular formula is C14H17N3O2. The van der Waals surface area contributed by atoms with Gasteiger partial charge in [0.25, 0.3) is 0 Å². The van der Waals surface area contributed by atoms with Crippen molar-refractivity contribution in [1.82, 2.24) is 4.98 Å². The number of nitrogens with zero attached hydrogens (tertiary/aromatic N) is 1. The Bertz CT molecular complexity index is 541. The van der Waals surface area contributed by atoms with Crippen molar-refractivity contribution in [3.05, 3.63) is 36.4 Å². The van der Waals surface area contributed by atoms with Gasteiger partial charge < -0.3 is 20.5 Å². The summed E-state index contributed by atoms with van der Waals surface area (Å²) in [4.78, 5) is 4.31. The maximum absolute atomic E-state index is 5.77. The molecule has 0 aliphatic heterocycles. The molecule has 3 N–H and O–H groups in total. The first-order chi connectivity index (χ1) is 9.22. The monoisotopic (exact) mass is 259 g/mol. The van der Waals surface area contributed by atoms with Crippen LogP contribution in [0.1, 0.15) is 6.92 Å². The molecule has 0 spiro atoms. The molecule has 0 unspecified atom stereocenters. The summed E-state index contributed by atoms with van der Waals surface area (Å²) in [5.74, 6) is 1.94. The van der Waals surface area contributed by atoms with Gasteiger partial charge in [0.2, 0.25) is 5.88 Å². The topological polar surface area (TPSA) is 69.4 Å². The van der Waals surface area contributed by atoms with Crippen LogP contribution in [0.4, 0.5) is 17.2 Å². The van der Waals surface area contributed by atoms with Gasteiger partial charge in [-0.1, -0.05) is 0 Å². The van der Waals surface area contributed by atoms with Crippen LogP contribution in [0.25, 0.3) is 0 Å². The molecule has 2 rings (SSSR count). The molecule has 0 saturated carbocycles. The minimum Gasteiger partial charge on any atom is -0.497 e. The third-order valence-electron chi connectivity index (χ3n) is 2.53. The number of anilines is 3. The summed E-state index contributed by atoms with van der Waals surface area (Å²) < 4.78 is 10.5. The highest BCUT2D eigenvalue weighted by Crippen LogP contribution is 2.24. The minimum absolute atomic E-state index is 0.445. The van der Waals surface area contributed by atoms with E-state index in [-0.39, 0.29) is 0 Å². The van der Waals surface area contributed by atoms with Gasteiger partial charge in [0.1, 0.15) is 11.6 Å². The van der Waals surface area contributed by atoms with Crippen molar-refractivity contribution in [2.24, 2.45) is 0 Å². The number of hydrogen-bond acceptors (Lipinski definition) is 5. The lowest BCUT2D eigenvalue weighted by atomic mass is 10.3. The Kier molecular flexibility index (Phi) is 4.07. The van der Waals surface area contributed by atoms with Crippen molar-refractivity contribution in [2.75, 3.05) is 24.8 Å². The fraction of sp³-hybridized carbons (Fsp3) is 0.214. The SMILES string of the molecule is CCOc1nc(Nc2ccc(OC)cc2)ccc1N. The third kappa shape index (κ3) is 3.28. The molecule has 1 aromatic heterocycles. The van der Waals surface area contributed by atoms with Crippen LogP contribution in [0.15, 0.2) is 36.4 Å². The number of nitrogens with one attached hydrogen (secondary N) is 1. The second kappa shape index (κ2) is 5.95. The normalized spacial score (nSPS) is 10.0. The zero-order valence-electron chi connectivity index (χ0n) is 11.0.